The maximum absolute atomic E-state index is 12.2. The SMILES string of the molecule is CC[N+](CC)(CC)C(C)CC(O)(c1ccccc1)c1cc(OC)ccc1OC. The van der Waals surface area contributed by atoms with Gasteiger partial charge in [-0.25, -0.2) is 0 Å². The Bertz CT molecular complexity index is 735. The molecule has 0 heterocycles. The van der Waals surface area contributed by atoms with Crippen LogP contribution >= 0.6 is 0 Å². The fraction of sp³-hybridized carbons (Fsp3) is 0.500. The highest BCUT2D eigenvalue weighted by Gasteiger charge is 2.41. The first kappa shape index (κ1) is 22.3. The molecule has 4 heteroatoms. The zero-order chi connectivity index (χ0) is 20.8. The van der Waals surface area contributed by atoms with Crippen LogP contribution in [0.2, 0.25) is 0 Å². The summed E-state index contributed by atoms with van der Waals surface area (Å²) >= 11 is 0. The van der Waals surface area contributed by atoms with Crippen molar-refractivity contribution in [3.05, 3.63) is 59.7 Å². The van der Waals surface area contributed by atoms with Gasteiger partial charge < -0.3 is 19.1 Å². The highest BCUT2D eigenvalue weighted by atomic mass is 16.5. The van der Waals surface area contributed by atoms with Gasteiger partial charge in [0.1, 0.15) is 17.1 Å². The third-order valence-electron chi connectivity index (χ3n) is 6.52. The molecule has 0 amide bonds. The van der Waals surface area contributed by atoms with Gasteiger partial charge in [0, 0.05) is 12.0 Å². The Morgan fingerprint density at radius 3 is 2.04 bits per heavy atom. The normalized spacial score (nSPS) is 15.0. The van der Waals surface area contributed by atoms with E-state index in [1.807, 2.05) is 48.5 Å². The summed E-state index contributed by atoms with van der Waals surface area (Å²) in [6, 6.07) is 15.8. The van der Waals surface area contributed by atoms with Gasteiger partial charge in [-0.3, -0.25) is 0 Å². The molecule has 2 rings (SSSR count). The van der Waals surface area contributed by atoms with Crippen molar-refractivity contribution in [3.8, 4) is 11.5 Å². The van der Waals surface area contributed by atoms with Crippen molar-refractivity contribution in [2.45, 2.75) is 45.8 Å². The van der Waals surface area contributed by atoms with E-state index < -0.39 is 5.60 Å². The molecule has 0 aliphatic rings. The summed E-state index contributed by atoms with van der Waals surface area (Å²) in [5.74, 6) is 1.38. The molecular formula is C24H36NO3+. The van der Waals surface area contributed by atoms with E-state index in [9.17, 15) is 5.11 Å². The van der Waals surface area contributed by atoms with Gasteiger partial charge in [0.2, 0.25) is 0 Å². The Kier molecular flexibility index (Phi) is 7.50. The minimum absolute atomic E-state index is 0.265. The minimum atomic E-state index is -1.18. The highest BCUT2D eigenvalue weighted by Crippen LogP contribution is 2.42. The van der Waals surface area contributed by atoms with Crippen LogP contribution < -0.4 is 9.47 Å². The summed E-state index contributed by atoms with van der Waals surface area (Å²) in [6.45, 7) is 12.1. The summed E-state index contributed by atoms with van der Waals surface area (Å²) in [7, 11) is 3.29. The molecule has 1 N–H and O–H groups in total. The molecule has 2 aromatic carbocycles. The molecule has 0 aliphatic carbocycles. The van der Waals surface area contributed by atoms with Crippen LogP contribution in [0.15, 0.2) is 48.5 Å². The lowest BCUT2D eigenvalue weighted by atomic mass is 9.80. The predicted molar refractivity (Wildman–Crippen MR) is 115 cm³/mol. The van der Waals surface area contributed by atoms with Gasteiger partial charge in [-0.1, -0.05) is 30.3 Å². The molecule has 0 radical (unpaired) electrons. The highest BCUT2D eigenvalue weighted by molar-refractivity contribution is 5.48. The second-order valence-electron chi connectivity index (χ2n) is 7.51. The summed E-state index contributed by atoms with van der Waals surface area (Å²) in [6.07, 6.45) is 0.593. The van der Waals surface area contributed by atoms with Crippen molar-refractivity contribution in [3.63, 3.8) is 0 Å². The molecule has 4 nitrogen and oxygen atoms in total. The van der Waals surface area contributed by atoms with E-state index in [0.717, 1.165) is 35.2 Å². The molecule has 0 aromatic heterocycles. The zero-order valence-electron chi connectivity index (χ0n) is 18.2. The Morgan fingerprint density at radius 1 is 0.929 bits per heavy atom. The Hall–Kier alpha value is -2.04. The summed E-state index contributed by atoms with van der Waals surface area (Å²) in [4.78, 5) is 0. The molecule has 2 aromatic rings. The minimum Gasteiger partial charge on any atom is -0.497 e. The topological polar surface area (TPSA) is 38.7 Å². The van der Waals surface area contributed by atoms with Crippen LogP contribution in [0.1, 0.15) is 45.2 Å². The van der Waals surface area contributed by atoms with Crippen molar-refractivity contribution in [2.75, 3.05) is 33.9 Å². The number of quaternary nitrogens is 1. The van der Waals surface area contributed by atoms with E-state index in [-0.39, 0.29) is 6.04 Å². The van der Waals surface area contributed by atoms with Crippen molar-refractivity contribution in [1.29, 1.82) is 0 Å². The lowest BCUT2D eigenvalue weighted by Crippen LogP contribution is -2.56. The number of ether oxygens (including phenoxy) is 2. The average Bonchev–Trinajstić information content (AvgIpc) is 2.75. The van der Waals surface area contributed by atoms with E-state index in [4.69, 9.17) is 9.47 Å². The first-order chi connectivity index (χ1) is 13.4. The van der Waals surface area contributed by atoms with E-state index in [1.165, 1.54) is 0 Å². The van der Waals surface area contributed by atoms with Crippen LogP contribution in [0, 0.1) is 0 Å². The van der Waals surface area contributed by atoms with Crippen molar-refractivity contribution < 1.29 is 19.1 Å². The van der Waals surface area contributed by atoms with Crippen molar-refractivity contribution in [1.82, 2.24) is 0 Å². The first-order valence-corrected chi connectivity index (χ1v) is 10.3. The molecule has 154 valence electrons. The third kappa shape index (κ3) is 4.18. The fourth-order valence-corrected chi connectivity index (χ4v) is 4.46. The maximum Gasteiger partial charge on any atom is 0.125 e. The van der Waals surface area contributed by atoms with Gasteiger partial charge >= 0.3 is 0 Å². The predicted octanol–water partition coefficient (Wildman–Crippen LogP) is 4.59. The number of hydrogen-bond donors (Lipinski definition) is 1. The van der Waals surface area contributed by atoms with Gasteiger partial charge in [0.15, 0.2) is 0 Å². The third-order valence-corrected chi connectivity index (χ3v) is 6.52. The van der Waals surface area contributed by atoms with E-state index in [1.54, 1.807) is 14.2 Å². The molecule has 28 heavy (non-hydrogen) atoms. The average molecular weight is 387 g/mol. The summed E-state index contributed by atoms with van der Waals surface area (Å²) < 4.78 is 12.0. The summed E-state index contributed by atoms with van der Waals surface area (Å²) in [5, 5.41) is 12.2. The molecule has 2 unspecified atom stereocenters. The van der Waals surface area contributed by atoms with Crippen LogP contribution in [0.25, 0.3) is 0 Å². The Balaban J connectivity index is 2.63. The van der Waals surface area contributed by atoms with Crippen LogP contribution in [0.4, 0.5) is 0 Å². The van der Waals surface area contributed by atoms with Gasteiger partial charge in [-0.05, 0) is 51.5 Å². The van der Waals surface area contributed by atoms with Gasteiger partial charge in [-0.15, -0.1) is 0 Å². The Morgan fingerprint density at radius 2 is 1.54 bits per heavy atom. The van der Waals surface area contributed by atoms with Crippen molar-refractivity contribution in [2.24, 2.45) is 0 Å². The lowest BCUT2D eigenvalue weighted by molar-refractivity contribution is -0.945. The van der Waals surface area contributed by atoms with Crippen LogP contribution in [0.3, 0.4) is 0 Å². The smallest absolute Gasteiger partial charge is 0.125 e. The second-order valence-corrected chi connectivity index (χ2v) is 7.51. The number of methoxy groups -OCH3 is 2. The summed E-state index contributed by atoms with van der Waals surface area (Å²) in [5.41, 5.74) is 0.437. The van der Waals surface area contributed by atoms with Gasteiger partial charge in [-0.2, -0.15) is 0 Å². The van der Waals surface area contributed by atoms with E-state index in [0.29, 0.717) is 17.9 Å². The molecule has 0 bridgehead atoms. The lowest BCUT2D eigenvalue weighted by Gasteiger charge is -2.45. The number of benzene rings is 2. The number of aliphatic hydroxyl groups is 1. The monoisotopic (exact) mass is 386 g/mol. The number of nitrogens with zero attached hydrogens (tertiary/aromatic N) is 1. The Labute approximate surface area is 170 Å². The molecule has 0 saturated heterocycles. The molecule has 0 fully saturated rings. The fourth-order valence-electron chi connectivity index (χ4n) is 4.46. The maximum atomic E-state index is 12.2. The largest absolute Gasteiger partial charge is 0.497 e. The van der Waals surface area contributed by atoms with Crippen LogP contribution in [-0.2, 0) is 5.60 Å². The standard InChI is InChI=1S/C24H36NO3/c1-7-25(8-2,9-3)19(4)18-24(26,20-13-11-10-12-14-20)22-17-21(27-5)15-16-23(22)28-6/h10-17,19,26H,7-9,18H2,1-6H3/q+1. The van der Waals surface area contributed by atoms with Gasteiger partial charge in [0.25, 0.3) is 0 Å². The van der Waals surface area contributed by atoms with Gasteiger partial charge in [0.05, 0.1) is 39.9 Å². The molecule has 0 aliphatic heterocycles. The van der Waals surface area contributed by atoms with Crippen molar-refractivity contribution >= 4 is 0 Å². The van der Waals surface area contributed by atoms with Crippen LogP contribution in [-0.4, -0.2) is 49.5 Å². The molecular weight excluding hydrogens is 350 g/mol. The zero-order valence-corrected chi connectivity index (χ0v) is 18.2. The number of hydrogen-bond acceptors (Lipinski definition) is 3. The quantitative estimate of drug-likeness (QED) is 0.607. The van der Waals surface area contributed by atoms with E-state index in [2.05, 4.69) is 27.7 Å². The first-order valence-electron chi connectivity index (χ1n) is 10.3. The molecule has 0 spiro atoms. The molecule has 2 atom stereocenters. The van der Waals surface area contributed by atoms with E-state index >= 15 is 0 Å². The number of rotatable bonds is 10. The second kappa shape index (κ2) is 9.44. The van der Waals surface area contributed by atoms with Crippen LogP contribution in [0.5, 0.6) is 11.5 Å². The molecule has 0 saturated carbocycles.